The smallest absolute Gasteiger partial charge is 0.249 e. The van der Waals surface area contributed by atoms with Crippen molar-refractivity contribution in [2.24, 2.45) is 11.3 Å². The molecular formula is C23H24Cl2N2OS. The van der Waals surface area contributed by atoms with Crippen LogP contribution >= 0.6 is 34.5 Å². The fourth-order valence-corrected chi connectivity index (χ4v) is 5.46. The number of amides is 1. The third kappa shape index (κ3) is 4.86. The van der Waals surface area contributed by atoms with Crippen LogP contribution in [0.4, 0.5) is 5.00 Å². The van der Waals surface area contributed by atoms with Gasteiger partial charge in [0, 0.05) is 21.0 Å². The molecule has 152 valence electrons. The van der Waals surface area contributed by atoms with Crippen molar-refractivity contribution in [3.8, 4) is 6.07 Å². The van der Waals surface area contributed by atoms with Crippen LogP contribution in [-0.2, 0) is 17.6 Å². The summed E-state index contributed by atoms with van der Waals surface area (Å²) in [5.74, 6) is 0.317. The van der Waals surface area contributed by atoms with E-state index in [1.807, 2.05) is 0 Å². The van der Waals surface area contributed by atoms with Gasteiger partial charge in [0.05, 0.1) is 5.56 Å². The van der Waals surface area contributed by atoms with Crippen molar-refractivity contribution >= 4 is 51.5 Å². The van der Waals surface area contributed by atoms with E-state index in [0.29, 0.717) is 32.1 Å². The van der Waals surface area contributed by atoms with Gasteiger partial charge in [0.1, 0.15) is 11.1 Å². The standard InChI is InChI=1S/C23H24Cl2N2OS/c1-4-23(2,3)15-7-9-17-18(13-26)22(29-20(17)11-15)27-21(28)10-6-14-5-8-16(24)12-19(14)25/h5-6,8,10,12,15H,4,7,9,11H2,1-3H3,(H,27,28). The zero-order chi connectivity index (χ0) is 21.2. The second-order valence-corrected chi connectivity index (χ2v) is 10.0. The Kier molecular flexibility index (Phi) is 6.73. The first kappa shape index (κ1) is 21.9. The van der Waals surface area contributed by atoms with Crippen LogP contribution in [0, 0.1) is 22.7 Å². The second-order valence-electron chi connectivity index (χ2n) is 8.09. The molecule has 1 unspecified atom stereocenters. The monoisotopic (exact) mass is 446 g/mol. The van der Waals surface area contributed by atoms with Crippen molar-refractivity contribution in [3.63, 3.8) is 0 Å². The highest BCUT2D eigenvalue weighted by Crippen LogP contribution is 2.45. The summed E-state index contributed by atoms with van der Waals surface area (Å²) in [6.45, 7) is 6.86. The number of anilines is 1. The van der Waals surface area contributed by atoms with E-state index in [2.05, 4.69) is 32.2 Å². The molecule has 0 aliphatic heterocycles. The molecule has 0 saturated heterocycles. The lowest BCUT2D eigenvalue weighted by Gasteiger charge is -2.36. The third-order valence-electron chi connectivity index (χ3n) is 6.01. The molecule has 3 rings (SSSR count). The van der Waals surface area contributed by atoms with Gasteiger partial charge >= 0.3 is 0 Å². The summed E-state index contributed by atoms with van der Waals surface area (Å²) in [5.41, 5.74) is 2.71. The number of nitrogens with one attached hydrogen (secondary N) is 1. The van der Waals surface area contributed by atoms with Crippen molar-refractivity contribution in [3.05, 3.63) is 55.9 Å². The molecule has 0 bridgehead atoms. The summed E-state index contributed by atoms with van der Waals surface area (Å²) in [6, 6.07) is 7.42. The van der Waals surface area contributed by atoms with Gasteiger partial charge in [0.25, 0.3) is 0 Å². The molecule has 1 N–H and O–H groups in total. The van der Waals surface area contributed by atoms with Crippen LogP contribution in [-0.4, -0.2) is 5.91 Å². The van der Waals surface area contributed by atoms with Crippen LogP contribution in [0.5, 0.6) is 0 Å². The lowest BCUT2D eigenvalue weighted by Crippen LogP contribution is -2.28. The SMILES string of the molecule is CCC(C)(C)C1CCc2c(sc(NC(=O)C=Cc3ccc(Cl)cc3Cl)c2C#N)C1. The maximum absolute atomic E-state index is 12.4. The second kappa shape index (κ2) is 8.92. The molecule has 0 saturated carbocycles. The van der Waals surface area contributed by atoms with E-state index in [0.717, 1.165) is 31.2 Å². The van der Waals surface area contributed by atoms with E-state index in [1.54, 1.807) is 35.6 Å². The Morgan fingerprint density at radius 3 is 2.83 bits per heavy atom. The number of halogens is 2. The predicted octanol–water partition coefficient (Wildman–Crippen LogP) is 7.12. The molecule has 2 aromatic rings. The highest BCUT2D eigenvalue weighted by Gasteiger charge is 2.33. The zero-order valence-electron chi connectivity index (χ0n) is 16.8. The van der Waals surface area contributed by atoms with Gasteiger partial charge in [-0.05, 0) is 59.9 Å². The lowest BCUT2D eigenvalue weighted by atomic mass is 9.69. The Balaban J connectivity index is 1.77. The number of hydrogen-bond acceptors (Lipinski definition) is 3. The molecule has 0 fully saturated rings. The van der Waals surface area contributed by atoms with E-state index in [9.17, 15) is 10.1 Å². The summed E-state index contributed by atoms with van der Waals surface area (Å²) in [4.78, 5) is 13.7. The third-order valence-corrected chi connectivity index (χ3v) is 7.74. The first-order valence-corrected chi connectivity index (χ1v) is 11.3. The summed E-state index contributed by atoms with van der Waals surface area (Å²) in [6.07, 6.45) is 7.16. The highest BCUT2D eigenvalue weighted by atomic mass is 35.5. The highest BCUT2D eigenvalue weighted by molar-refractivity contribution is 7.16. The number of nitrogens with zero attached hydrogens (tertiary/aromatic N) is 1. The number of rotatable bonds is 5. The minimum absolute atomic E-state index is 0.276. The Labute approximate surface area is 186 Å². The lowest BCUT2D eigenvalue weighted by molar-refractivity contribution is -0.111. The number of carbonyl (C=O) groups excluding carboxylic acids is 1. The molecule has 1 aliphatic carbocycles. The molecule has 0 spiro atoms. The fourth-order valence-electron chi connectivity index (χ4n) is 3.70. The van der Waals surface area contributed by atoms with E-state index >= 15 is 0 Å². The molecular weight excluding hydrogens is 423 g/mol. The number of fused-ring (bicyclic) bond motifs is 1. The van der Waals surface area contributed by atoms with Crippen molar-refractivity contribution < 1.29 is 4.79 Å². The maximum atomic E-state index is 12.4. The molecule has 0 radical (unpaired) electrons. The predicted molar refractivity (Wildman–Crippen MR) is 123 cm³/mol. The molecule has 3 nitrogen and oxygen atoms in total. The van der Waals surface area contributed by atoms with Gasteiger partial charge in [0.2, 0.25) is 5.91 Å². The molecule has 29 heavy (non-hydrogen) atoms. The molecule has 1 heterocycles. The average molecular weight is 447 g/mol. The first-order chi connectivity index (χ1) is 13.7. The van der Waals surface area contributed by atoms with Crippen molar-refractivity contribution in [1.29, 1.82) is 5.26 Å². The molecule has 1 aromatic heterocycles. The molecule has 6 heteroatoms. The number of benzene rings is 1. The maximum Gasteiger partial charge on any atom is 0.249 e. The van der Waals surface area contributed by atoms with Crippen LogP contribution in [0.2, 0.25) is 10.0 Å². The average Bonchev–Trinajstić information content (AvgIpc) is 3.03. The molecule has 1 aromatic carbocycles. The van der Waals surface area contributed by atoms with E-state index in [4.69, 9.17) is 23.2 Å². The van der Waals surface area contributed by atoms with Crippen molar-refractivity contribution in [1.82, 2.24) is 0 Å². The topological polar surface area (TPSA) is 52.9 Å². The van der Waals surface area contributed by atoms with Crippen LogP contribution in [0.15, 0.2) is 24.3 Å². The van der Waals surface area contributed by atoms with Gasteiger partial charge in [0.15, 0.2) is 0 Å². The van der Waals surface area contributed by atoms with E-state index in [1.165, 1.54) is 11.0 Å². The number of thiophene rings is 1. The summed E-state index contributed by atoms with van der Waals surface area (Å²) >= 11 is 13.6. The Hall–Kier alpha value is -1.80. The largest absolute Gasteiger partial charge is 0.313 e. The summed E-state index contributed by atoms with van der Waals surface area (Å²) in [5, 5.41) is 14.2. The minimum Gasteiger partial charge on any atom is -0.313 e. The van der Waals surface area contributed by atoms with Gasteiger partial charge < -0.3 is 5.32 Å². The van der Waals surface area contributed by atoms with Gasteiger partial charge in [-0.1, -0.05) is 56.5 Å². The summed E-state index contributed by atoms with van der Waals surface area (Å²) < 4.78 is 0. The summed E-state index contributed by atoms with van der Waals surface area (Å²) in [7, 11) is 0. The number of carbonyl (C=O) groups is 1. The molecule has 1 aliphatic rings. The van der Waals surface area contributed by atoms with Gasteiger partial charge in [-0.3, -0.25) is 4.79 Å². The quantitative estimate of drug-likeness (QED) is 0.496. The zero-order valence-corrected chi connectivity index (χ0v) is 19.1. The normalized spacial score (nSPS) is 16.5. The minimum atomic E-state index is -0.281. The number of nitriles is 1. The van der Waals surface area contributed by atoms with Crippen LogP contribution in [0.3, 0.4) is 0 Å². The molecule has 1 amide bonds. The Morgan fingerprint density at radius 1 is 1.41 bits per heavy atom. The van der Waals surface area contributed by atoms with Crippen molar-refractivity contribution in [2.45, 2.75) is 46.5 Å². The molecule has 1 atom stereocenters. The van der Waals surface area contributed by atoms with Gasteiger partial charge in [-0.15, -0.1) is 11.3 Å². The van der Waals surface area contributed by atoms with Gasteiger partial charge in [-0.2, -0.15) is 5.26 Å². The number of hydrogen-bond donors (Lipinski definition) is 1. The Bertz CT molecular complexity index is 1000. The van der Waals surface area contributed by atoms with Crippen LogP contribution in [0.25, 0.3) is 6.08 Å². The first-order valence-electron chi connectivity index (χ1n) is 9.74. The van der Waals surface area contributed by atoms with Crippen LogP contribution < -0.4 is 5.32 Å². The van der Waals surface area contributed by atoms with Crippen molar-refractivity contribution in [2.75, 3.05) is 5.32 Å². The Morgan fingerprint density at radius 2 is 2.17 bits per heavy atom. The fraction of sp³-hybridized carbons (Fsp3) is 0.391. The van der Waals surface area contributed by atoms with Crippen LogP contribution in [0.1, 0.15) is 55.2 Å². The van der Waals surface area contributed by atoms with E-state index in [-0.39, 0.29) is 11.3 Å². The van der Waals surface area contributed by atoms with Gasteiger partial charge in [-0.25, -0.2) is 0 Å². The van der Waals surface area contributed by atoms with E-state index < -0.39 is 0 Å².